The lowest BCUT2D eigenvalue weighted by Gasteiger charge is -2.16. The molecule has 1 amide bonds. The van der Waals surface area contributed by atoms with Gasteiger partial charge in [0.2, 0.25) is 6.10 Å². The molecular formula is C7H11NO4. The molecule has 2 atom stereocenters. The van der Waals surface area contributed by atoms with Gasteiger partial charge in [0, 0.05) is 6.54 Å². The molecule has 0 saturated carbocycles. The van der Waals surface area contributed by atoms with Gasteiger partial charge in [-0.15, -0.1) is 0 Å². The first-order valence-corrected chi connectivity index (χ1v) is 3.78. The minimum absolute atomic E-state index is 0.375. The van der Waals surface area contributed by atoms with Crippen LogP contribution in [-0.4, -0.2) is 40.8 Å². The number of carboxylic acid groups (broad SMARTS) is 1. The number of likely N-dealkylation sites (N-methyl/N-ethyl adjacent to an activating group) is 1. The van der Waals surface area contributed by atoms with Crippen LogP contribution < -0.4 is 0 Å². The third-order valence-corrected chi connectivity index (χ3v) is 1.98. The molecule has 0 bridgehead atoms. The summed E-state index contributed by atoms with van der Waals surface area (Å²) in [7, 11) is 0. The molecule has 0 radical (unpaired) electrons. The summed E-state index contributed by atoms with van der Waals surface area (Å²) in [5, 5.41) is 8.61. The average molecular weight is 173 g/mol. The number of hydrogen-bond acceptors (Lipinski definition) is 3. The summed E-state index contributed by atoms with van der Waals surface area (Å²) in [5.41, 5.74) is 0. The minimum Gasteiger partial charge on any atom is -0.478 e. The van der Waals surface area contributed by atoms with E-state index in [0.29, 0.717) is 6.54 Å². The molecule has 0 aromatic rings. The van der Waals surface area contributed by atoms with Crippen LogP contribution in [0.3, 0.4) is 0 Å². The maximum Gasteiger partial charge on any atom is 0.411 e. The minimum atomic E-state index is -1.09. The highest BCUT2D eigenvalue weighted by Crippen LogP contribution is 2.18. The highest BCUT2D eigenvalue weighted by atomic mass is 16.6. The van der Waals surface area contributed by atoms with E-state index in [0.717, 1.165) is 0 Å². The van der Waals surface area contributed by atoms with Crippen molar-refractivity contribution < 1.29 is 19.4 Å². The van der Waals surface area contributed by atoms with Crippen molar-refractivity contribution in [2.24, 2.45) is 0 Å². The Labute approximate surface area is 69.9 Å². The van der Waals surface area contributed by atoms with E-state index in [1.807, 2.05) is 0 Å². The summed E-state index contributed by atoms with van der Waals surface area (Å²) >= 11 is 0. The Kier molecular flexibility index (Phi) is 2.21. The van der Waals surface area contributed by atoms with E-state index in [4.69, 9.17) is 5.11 Å². The van der Waals surface area contributed by atoms with Crippen LogP contribution in [0.5, 0.6) is 0 Å². The zero-order chi connectivity index (χ0) is 9.30. The molecular weight excluding hydrogens is 162 g/mol. The zero-order valence-corrected chi connectivity index (χ0v) is 6.98. The lowest BCUT2D eigenvalue weighted by molar-refractivity contribution is -0.145. The first-order valence-electron chi connectivity index (χ1n) is 3.78. The predicted molar refractivity (Wildman–Crippen MR) is 39.7 cm³/mol. The summed E-state index contributed by atoms with van der Waals surface area (Å²) in [4.78, 5) is 22.9. The average Bonchev–Trinajstić information content (AvgIpc) is 2.27. The fourth-order valence-corrected chi connectivity index (χ4v) is 1.28. The highest BCUT2D eigenvalue weighted by molar-refractivity contribution is 5.82. The van der Waals surface area contributed by atoms with Gasteiger partial charge in [0.1, 0.15) is 0 Å². The van der Waals surface area contributed by atoms with Gasteiger partial charge < -0.3 is 14.7 Å². The highest BCUT2D eigenvalue weighted by Gasteiger charge is 2.42. The smallest absolute Gasteiger partial charge is 0.411 e. The van der Waals surface area contributed by atoms with E-state index >= 15 is 0 Å². The second-order valence-corrected chi connectivity index (χ2v) is 2.67. The Hall–Kier alpha value is -1.26. The van der Waals surface area contributed by atoms with E-state index < -0.39 is 18.2 Å². The Bertz CT molecular complexity index is 215. The first kappa shape index (κ1) is 8.83. The molecule has 0 aromatic heterocycles. The number of amides is 1. The molecule has 2 unspecified atom stereocenters. The number of rotatable bonds is 2. The van der Waals surface area contributed by atoms with Gasteiger partial charge in [-0.1, -0.05) is 0 Å². The molecule has 1 aliphatic rings. The zero-order valence-electron chi connectivity index (χ0n) is 6.98. The van der Waals surface area contributed by atoms with Crippen molar-refractivity contribution in [2.75, 3.05) is 6.54 Å². The molecule has 1 rings (SSSR count). The van der Waals surface area contributed by atoms with E-state index in [9.17, 15) is 9.59 Å². The summed E-state index contributed by atoms with van der Waals surface area (Å²) in [6, 6.07) is -0.375. The van der Waals surface area contributed by atoms with Crippen molar-refractivity contribution >= 4 is 12.1 Å². The third-order valence-electron chi connectivity index (χ3n) is 1.98. The van der Waals surface area contributed by atoms with Crippen LogP contribution in [0.15, 0.2) is 0 Å². The molecule has 1 fully saturated rings. The number of nitrogens with zero attached hydrogens (tertiary/aromatic N) is 1. The normalized spacial score (nSPS) is 28.8. The second kappa shape index (κ2) is 3.00. The molecule has 0 spiro atoms. The molecule has 0 aromatic carbocycles. The maximum absolute atomic E-state index is 11.0. The molecule has 1 aliphatic heterocycles. The van der Waals surface area contributed by atoms with Crippen molar-refractivity contribution in [1.82, 2.24) is 4.90 Å². The molecule has 1 saturated heterocycles. The van der Waals surface area contributed by atoms with E-state index in [-0.39, 0.29) is 6.04 Å². The van der Waals surface area contributed by atoms with Gasteiger partial charge in [-0.3, -0.25) is 0 Å². The summed E-state index contributed by atoms with van der Waals surface area (Å²) < 4.78 is 4.63. The van der Waals surface area contributed by atoms with Crippen LogP contribution in [-0.2, 0) is 9.53 Å². The largest absolute Gasteiger partial charge is 0.478 e. The molecule has 0 aliphatic carbocycles. The SMILES string of the molecule is CCN1C(=O)OC(C(=O)O)C1C. The van der Waals surface area contributed by atoms with Gasteiger partial charge in [0.25, 0.3) is 0 Å². The van der Waals surface area contributed by atoms with Crippen LogP contribution in [0.4, 0.5) is 4.79 Å². The molecule has 12 heavy (non-hydrogen) atoms. The van der Waals surface area contributed by atoms with Gasteiger partial charge in [-0.05, 0) is 13.8 Å². The summed E-state index contributed by atoms with van der Waals surface area (Å²) in [6.07, 6.45) is -1.56. The van der Waals surface area contributed by atoms with Crippen molar-refractivity contribution in [3.8, 4) is 0 Å². The van der Waals surface area contributed by atoms with Gasteiger partial charge in [0.15, 0.2) is 0 Å². The fraction of sp³-hybridized carbons (Fsp3) is 0.714. The van der Waals surface area contributed by atoms with E-state index in [2.05, 4.69) is 4.74 Å². The Morgan fingerprint density at radius 3 is 2.58 bits per heavy atom. The third kappa shape index (κ3) is 1.22. The van der Waals surface area contributed by atoms with Gasteiger partial charge >= 0.3 is 12.1 Å². The lowest BCUT2D eigenvalue weighted by atomic mass is 10.2. The van der Waals surface area contributed by atoms with E-state index in [1.165, 1.54) is 4.90 Å². The Morgan fingerprint density at radius 1 is 1.75 bits per heavy atom. The van der Waals surface area contributed by atoms with Gasteiger partial charge in [-0.2, -0.15) is 0 Å². The van der Waals surface area contributed by atoms with E-state index in [1.54, 1.807) is 13.8 Å². The van der Waals surface area contributed by atoms with Crippen LogP contribution in [0.1, 0.15) is 13.8 Å². The van der Waals surface area contributed by atoms with Crippen molar-refractivity contribution in [1.29, 1.82) is 0 Å². The number of hydrogen-bond donors (Lipinski definition) is 1. The number of ether oxygens (including phenoxy) is 1. The van der Waals surface area contributed by atoms with Crippen LogP contribution in [0.2, 0.25) is 0 Å². The molecule has 5 heteroatoms. The summed E-state index contributed by atoms with van der Waals surface area (Å²) in [5.74, 6) is -1.09. The number of aliphatic carboxylic acids is 1. The molecule has 1 N–H and O–H groups in total. The first-order chi connectivity index (χ1) is 5.57. The second-order valence-electron chi connectivity index (χ2n) is 2.67. The lowest BCUT2D eigenvalue weighted by Crippen LogP contribution is -2.37. The Morgan fingerprint density at radius 2 is 2.33 bits per heavy atom. The van der Waals surface area contributed by atoms with Crippen molar-refractivity contribution in [3.63, 3.8) is 0 Å². The number of cyclic esters (lactones) is 1. The predicted octanol–water partition coefficient (Wildman–Crippen LogP) is 0.300. The van der Waals surface area contributed by atoms with Crippen LogP contribution >= 0.6 is 0 Å². The Balaban J connectivity index is 2.75. The van der Waals surface area contributed by atoms with Crippen LogP contribution in [0, 0.1) is 0 Å². The fourth-order valence-electron chi connectivity index (χ4n) is 1.28. The van der Waals surface area contributed by atoms with Gasteiger partial charge in [0.05, 0.1) is 6.04 Å². The quantitative estimate of drug-likeness (QED) is 0.652. The standard InChI is InChI=1S/C7H11NO4/c1-3-8-4(2)5(6(9)10)12-7(8)11/h4-5H,3H2,1-2H3,(H,9,10). The molecule has 68 valence electrons. The van der Waals surface area contributed by atoms with Crippen molar-refractivity contribution in [3.05, 3.63) is 0 Å². The monoisotopic (exact) mass is 173 g/mol. The number of carbonyl (C=O) groups is 2. The van der Waals surface area contributed by atoms with Gasteiger partial charge in [-0.25, -0.2) is 9.59 Å². The summed E-state index contributed by atoms with van der Waals surface area (Å²) in [6.45, 7) is 3.92. The maximum atomic E-state index is 11.0. The van der Waals surface area contributed by atoms with Crippen LogP contribution in [0.25, 0.3) is 0 Å². The topological polar surface area (TPSA) is 66.8 Å². The number of carboxylic acids is 1. The molecule has 1 heterocycles. The molecule has 5 nitrogen and oxygen atoms in total. The van der Waals surface area contributed by atoms with Crippen molar-refractivity contribution in [2.45, 2.75) is 26.0 Å². The number of carbonyl (C=O) groups excluding carboxylic acids is 1.